The highest BCUT2D eigenvalue weighted by atomic mass is 16.5. The Labute approximate surface area is 159 Å². The minimum absolute atomic E-state index is 0.0378. The number of carbonyl (C=O) groups excluding carboxylic acids is 1. The quantitative estimate of drug-likeness (QED) is 0.665. The van der Waals surface area contributed by atoms with Crippen LogP contribution in [0.4, 0.5) is 0 Å². The van der Waals surface area contributed by atoms with Crippen LogP contribution in [0.25, 0.3) is 11.0 Å². The SMILES string of the molecule is COCC(=O)NCc1nc2ccccc2n1CCOc1ccc(C)c(C)c1. The molecule has 6 heteroatoms. The molecule has 1 amide bonds. The van der Waals surface area contributed by atoms with Crippen LogP contribution in [-0.4, -0.2) is 35.8 Å². The van der Waals surface area contributed by atoms with Crippen LogP contribution in [0.1, 0.15) is 17.0 Å². The van der Waals surface area contributed by atoms with Gasteiger partial charge in [-0.2, -0.15) is 0 Å². The summed E-state index contributed by atoms with van der Waals surface area (Å²) in [5.74, 6) is 1.49. The van der Waals surface area contributed by atoms with Crippen molar-refractivity contribution in [1.82, 2.24) is 14.9 Å². The van der Waals surface area contributed by atoms with Crippen molar-refractivity contribution < 1.29 is 14.3 Å². The molecule has 0 aliphatic heterocycles. The molecule has 0 aliphatic carbocycles. The molecule has 3 rings (SSSR count). The van der Waals surface area contributed by atoms with Gasteiger partial charge in [-0.1, -0.05) is 18.2 Å². The summed E-state index contributed by atoms with van der Waals surface area (Å²) >= 11 is 0. The number of nitrogens with one attached hydrogen (secondary N) is 1. The van der Waals surface area contributed by atoms with Gasteiger partial charge in [0.25, 0.3) is 0 Å². The largest absolute Gasteiger partial charge is 0.492 e. The van der Waals surface area contributed by atoms with Crippen LogP contribution < -0.4 is 10.1 Å². The average Bonchev–Trinajstić information content (AvgIpc) is 3.01. The van der Waals surface area contributed by atoms with E-state index in [0.717, 1.165) is 22.6 Å². The topological polar surface area (TPSA) is 65.4 Å². The maximum Gasteiger partial charge on any atom is 0.246 e. The van der Waals surface area contributed by atoms with Gasteiger partial charge in [-0.25, -0.2) is 4.98 Å². The maximum absolute atomic E-state index is 11.7. The van der Waals surface area contributed by atoms with E-state index in [9.17, 15) is 4.79 Å². The van der Waals surface area contributed by atoms with E-state index in [-0.39, 0.29) is 12.5 Å². The summed E-state index contributed by atoms with van der Waals surface area (Å²) in [7, 11) is 1.50. The highest BCUT2D eigenvalue weighted by molar-refractivity contribution is 5.78. The normalized spacial score (nSPS) is 10.9. The number of amides is 1. The Morgan fingerprint density at radius 1 is 1.15 bits per heavy atom. The lowest BCUT2D eigenvalue weighted by Crippen LogP contribution is -2.28. The molecule has 27 heavy (non-hydrogen) atoms. The minimum Gasteiger partial charge on any atom is -0.492 e. The van der Waals surface area contributed by atoms with Crippen molar-refractivity contribution in [2.24, 2.45) is 0 Å². The van der Waals surface area contributed by atoms with Crippen LogP contribution in [0.2, 0.25) is 0 Å². The number of carbonyl (C=O) groups is 1. The third kappa shape index (κ3) is 4.65. The van der Waals surface area contributed by atoms with E-state index in [0.29, 0.717) is 19.7 Å². The number of benzene rings is 2. The van der Waals surface area contributed by atoms with Gasteiger partial charge in [0.1, 0.15) is 24.8 Å². The molecule has 0 fully saturated rings. The summed E-state index contributed by atoms with van der Waals surface area (Å²) in [4.78, 5) is 16.4. The minimum atomic E-state index is -0.164. The molecule has 0 atom stereocenters. The molecule has 3 aromatic rings. The highest BCUT2D eigenvalue weighted by Crippen LogP contribution is 2.18. The summed E-state index contributed by atoms with van der Waals surface area (Å²) < 4.78 is 12.9. The molecule has 142 valence electrons. The number of aryl methyl sites for hydroxylation is 2. The van der Waals surface area contributed by atoms with Gasteiger partial charge < -0.3 is 19.4 Å². The Kier molecular flexibility index (Phi) is 6.08. The lowest BCUT2D eigenvalue weighted by Gasteiger charge is -2.12. The molecule has 1 N–H and O–H groups in total. The van der Waals surface area contributed by atoms with E-state index < -0.39 is 0 Å². The Hall–Kier alpha value is -2.86. The van der Waals surface area contributed by atoms with Gasteiger partial charge in [0, 0.05) is 7.11 Å². The van der Waals surface area contributed by atoms with Gasteiger partial charge in [0.2, 0.25) is 5.91 Å². The van der Waals surface area contributed by atoms with E-state index in [2.05, 4.69) is 34.8 Å². The third-order valence-electron chi connectivity index (χ3n) is 4.51. The molecular weight excluding hydrogens is 342 g/mol. The van der Waals surface area contributed by atoms with E-state index in [4.69, 9.17) is 9.47 Å². The van der Waals surface area contributed by atoms with Crippen LogP contribution in [-0.2, 0) is 22.6 Å². The molecule has 0 bridgehead atoms. The van der Waals surface area contributed by atoms with Crippen molar-refractivity contribution in [3.05, 3.63) is 59.4 Å². The summed E-state index contributed by atoms with van der Waals surface area (Å²) in [6, 6.07) is 14.0. The second-order valence-electron chi connectivity index (χ2n) is 6.47. The Bertz CT molecular complexity index is 934. The van der Waals surface area contributed by atoms with E-state index in [1.807, 2.05) is 36.4 Å². The molecule has 0 unspecified atom stereocenters. The summed E-state index contributed by atoms with van der Waals surface area (Å²) in [5, 5.41) is 2.83. The van der Waals surface area contributed by atoms with Crippen molar-refractivity contribution >= 4 is 16.9 Å². The molecule has 0 aliphatic rings. The molecule has 0 spiro atoms. The molecule has 0 radical (unpaired) electrons. The number of methoxy groups -OCH3 is 1. The molecule has 0 saturated heterocycles. The van der Waals surface area contributed by atoms with Crippen molar-refractivity contribution in [1.29, 1.82) is 0 Å². The second-order valence-corrected chi connectivity index (χ2v) is 6.47. The van der Waals surface area contributed by atoms with Crippen LogP contribution in [0.3, 0.4) is 0 Å². The number of nitrogens with zero attached hydrogens (tertiary/aromatic N) is 2. The average molecular weight is 367 g/mol. The number of hydrogen-bond donors (Lipinski definition) is 1. The van der Waals surface area contributed by atoms with Gasteiger partial charge >= 0.3 is 0 Å². The molecule has 2 aromatic carbocycles. The van der Waals surface area contributed by atoms with E-state index >= 15 is 0 Å². The van der Waals surface area contributed by atoms with Gasteiger partial charge in [-0.05, 0) is 49.2 Å². The van der Waals surface area contributed by atoms with Gasteiger partial charge in [-0.15, -0.1) is 0 Å². The fraction of sp³-hybridized carbons (Fsp3) is 0.333. The zero-order valence-electron chi connectivity index (χ0n) is 16.0. The number of fused-ring (bicyclic) bond motifs is 1. The van der Waals surface area contributed by atoms with Gasteiger partial charge in [0.05, 0.1) is 24.1 Å². The number of imidazole rings is 1. The molecular formula is C21H25N3O3. The lowest BCUT2D eigenvalue weighted by molar-refractivity contribution is -0.124. The molecule has 1 heterocycles. The standard InChI is InChI=1S/C21H25N3O3/c1-15-8-9-17(12-16(15)2)27-11-10-24-19-7-5-4-6-18(19)23-20(24)13-22-21(25)14-26-3/h4-9,12H,10-11,13-14H2,1-3H3,(H,22,25). The predicted octanol–water partition coefficient (Wildman–Crippen LogP) is 2.99. The van der Waals surface area contributed by atoms with Crippen LogP contribution in [0.5, 0.6) is 5.75 Å². The Morgan fingerprint density at radius 2 is 1.96 bits per heavy atom. The number of hydrogen-bond acceptors (Lipinski definition) is 4. The summed E-state index contributed by atoms with van der Waals surface area (Å²) in [5.41, 5.74) is 4.39. The number of rotatable bonds is 8. The summed E-state index contributed by atoms with van der Waals surface area (Å²) in [6.45, 7) is 5.70. The smallest absolute Gasteiger partial charge is 0.246 e. The number of ether oxygens (including phenoxy) is 2. The van der Waals surface area contributed by atoms with Gasteiger partial charge in [0.15, 0.2) is 0 Å². The molecule has 0 saturated carbocycles. The summed E-state index contributed by atoms with van der Waals surface area (Å²) in [6.07, 6.45) is 0. The zero-order valence-corrected chi connectivity index (χ0v) is 16.0. The van der Waals surface area contributed by atoms with Crippen LogP contribution in [0.15, 0.2) is 42.5 Å². The first-order valence-electron chi connectivity index (χ1n) is 8.98. The first kappa shape index (κ1) is 18.9. The predicted molar refractivity (Wildman–Crippen MR) is 105 cm³/mol. The van der Waals surface area contributed by atoms with E-state index in [1.54, 1.807) is 0 Å². The third-order valence-corrected chi connectivity index (χ3v) is 4.51. The van der Waals surface area contributed by atoms with Crippen molar-refractivity contribution in [2.45, 2.75) is 26.9 Å². The number of aromatic nitrogens is 2. The maximum atomic E-state index is 11.7. The first-order valence-corrected chi connectivity index (χ1v) is 8.98. The van der Waals surface area contributed by atoms with Crippen molar-refractivity contribution in [3.8, 4) is 5.75 Å². The zero-order chi connectivity index (χ0) is 19.2. The second kappa shape index (κ2) is 8.68. The number of para-hydroxylation sites is 2. The monoisotopic (exact) mass is 367 g/mol. The van der Waals surface area contributed by atoms with Crippen molar-refractivity contribution in [2.75, 3.05) is 20.3 Å². The van der Waals surface area contributed by atoms with Crippen LogP contribution in [0, 0.1) is 13.8 Å². The highest BCUT2D eigenvalue weighted by Gasteiger charge is 2.11. The fourth-order valence-corrected chi connectivity index (χ4v) is 2.93. The van der Waals surface area contributed by atoms with Crippen molar-refractivity contribution in [3.63, 3.8) is 0 Å². The molecule has 6 nitrogen and oxygen atoms in total. The van der Waals surface area contributed by atoms with Crippen LogP contribution >= 0.6 is 0 Å². The Balaban J connectivity index is 1.72. The molecule has 1 aromatic heterocycles. The van der Waals surface area contributed by atoms with Gasteiger partial charge in [-0.3, -0.25) is 4.79 Å². The fourth-order valence-electron chi connectivity index (χ4n) is 2.93. The van der Waals surface area contributed by atoms with E-state index in [1.165, 1.54) is 18.2 Å². The Morgan fingerprint density at radius 3 is 2.74 bits per heavy atom. The first-order chi connectivity index (χ1) is 13.1. The lowest BCUT2D eigenvalue weighted by atomic mass is 10.1.